The zero-order valence-corrected chi connectivity index (χ0v) is 17.8. The SMILES string of the molecule is CCn1c(SCC(=O)Nc2ccnn2C(C)C2CC2)nnc1-c1ccccc1C. The van der Waals surface area contributed by atoms with Crippen LogP contribution in [-0.4, -0.2) is 36.2 Å². The average molecular weight is 411 g/mol. The molecule has 1 saturated carbocycles. The highest BCUT2D eigenvalue weighted by atomic mass is 32.2. The zero-order valence-electron chi connectivity index (χ0n) is 17.0. The van der Waals surface area contributed by atoms with Gasteiger partial charge in [-0.3, -0.25) is 4.79 Å². The van der Waals surface area contributed by atoms with Gasteiger partial charge in [-0.15, -0.1) is 10.2 Å². The van der Waals surface area contributed by atoms with Crippen molar-refractivity contribution in [2.24, 2.45) is 5.92 Å². The summed E-state index contributed by atoms with van der Waals surface area (Å²) in [6.07, 6.45) is 4.21. The number of thioether (sulfide) groups is 1. The first-order valence-corrected chi connectivity index (χ1v) is 11.0. The molecule has 8 heteroatoms. The molecule has 152 valence electrons. The molecule has 0 radical (unpaired) electrons. The third-order valence-electron chi connectivity index (χ3n) is 5.38. The standard InChI is InChI=1S/C21H26N6OS/c1-4-26-20(17-8-6-5-7-14(17)2)24-25-21(26)29-13-19(28)23-18-11-12-22-27(18)15(3)16-9-10-16/h5-8,11-12,15-16H,4,9-10,13H2,1-3H3,(H,23,28). The highest BCUT2D eigenvalue weighted by molar-refractivity contribution is 7.99. The summed E-state index contributed by atoms with van der Waals surface area (Å²) >= 11 is 1.40. The second kappa shape index (κ2) is 8.41. The van der Waals surface area contributed by atoms with E-state index in [2.05, 4.69) is 58.1 Å². The highest BCUT2D eigenvalue weighted by Gasteiger charge is 2.30. The third kappa shape index (κ3) is 4.22. The topological polar surface area (TPSA) is 77.6 Å². The molecule has 1 amide bonds. The predicted molar refractivity (Wildman–Crippen MR) is 115 cm³/mol. The second-order valence-corrected chi connectivity index (χ2v) is 8.38. The van der Waals surface area contributed by atoms with Crippen LogP contribution in [-0.2, 0) is 11.3 Å². The maximum atomic E-state index is 12.5. The van der Waals surface area contributed by atoms with Crippen molar-refractivity contribution in [3.05, 3.63) is 42.1 Å². The van der Waals surface area contributed by atoms with Crippen LogP contribution in [0.25, 0.3) is 11.4 Å². The molecular formula is C21H26N6OS. The maximum Gasteiger partial charge on any atom is 0.235 e. The summed E-state index contributed by atoms with van der Waals surface area (Å²) in [5.74, 6) is 2.47. The fourth-order valence-electron chi connectivity index (χ4n) is 3.53. The Hall–Kier alpha value is -2.61. The average Bonchev–Trinajstić information content (AvgIpc) is 3.34. The molecule has 1 aliphatic carbocycles. The lowest BCUT2D eigenvalue weighted by molar-refractivity contribution is -0.113. The van der Waals surface area contributed by atoms with E-state index in [1.54, 1.807) is 6.20 Å². The van der Waals surface area contributed by atoms with Gasteiger partial charge in [-0.1, -0.05) is 36.0 Å². The summed E-state index contributed by atoms with van der Waals surface area (Å²) in [5.41, 5.74) is 2.22. The van der Waals surface area contributed by atoms with Crippen LogP contribution in [0.3, 0.4) is 0 Å². The molecule has 2 aromatic heterocycles. The van der Waals surface area contributed by atoms with Crippen LogP contribution in [0.1, 0.15) is 38.3 Å². The molecule has 1 N–H and O–H groups in total. The number of hydrogen-bond donors (Lipinski definition) is 1. The predicted octanol–water partition coefficient (Wildman–Crippen LogP) is 4.17. The molecule has 2 heterocycles. The fourth-order valence-corrected chi connectivity index (χ4v) is 4.33. The summed E-state index contributed by atoms with van der Waals surface area (Å²) in [6.45, 7) is 7.03. The molecule has 1 atom stereocenters. The van der Waals surface area contributed by atoms with Crippen molar-refractivity contribution in [2.75, 3.05) is 11.1 Å². The molecule has 1 aliphatic rings. The van der Waals surface area contributed by atoms with Crippen LogP contribution in [0.4, 0.5) is 5.82 Å². The summed E-state index contributed by atoms with van der Waals surface area (Å²) in [4.78, 5) is 12.5. The van der Waals surface area contributed by atoms with Crippen molar-refractivity contribution in [1.29, 1.82) is 0 Å². The second-order valence-electron chi connectivity index (χ2n) is 7.44. The molecule has 29 heavy (non-hydrogen) atoms. The van der Waals surface area contributed by atoms with Gasteiger partial charge in [-0.2, -0.15) is 5.10 Å². The highest BCUT2D eigenvalue weighted by Crippen LogP contribution is 2.40. The largest absolute Gasteiger partial charge is 0.310 e. The van der Waals surface area contributed by atoms with Gasteiger partial charge in [0.2, 0.25) is 5.91 Å². The fraction of sp³-hybridized carbons (Fsp3) is 0.429. The first-order valence-electron chi connectivity index (χ1n) is 10.0. The zero-order chi connectivity index (χ0) is 20.4. The quantitative estimate of drug-likeness (QED) is 0.564. The summed E-state index contributed by atoms with van der Waals surface area (Å²) in [6, 6.07) is 10.3. The van der Waals surface area contributed by atoms with Crippen molar-refractivity contribution in [3.63, 3.8) is 0 Å². The van der Waals surface area contributed by atoms with Crippen LogP contribution >= 0.6 is 11.8 Å². The summed E-state index contributed by atoms with van der Waals surface area (Å²) in [7, 11) is 0. The number of aryl methyl sites for hydroxylation is 1. The Morgan fingerprint density at radius 1 is 1.28 bits per heavy atom. The van der Waals surface area contributed by atoms with E-state index in [-0.39, 0.29) is 11.7 Å². The smallest absolute Gasteiger partial charge is 0.235 e. The van der Waals surface area contributed by atoms with Crippen LogP contribution < -0.4 is 5.32 Å². The molecule has 4 rings (SSSR count). The van der Waals surface area contributed by atoms with Gasteiger partial charge in [0.1, 0.15) is 5.82 Å². The van der Waals surface area contributed by atoms with Gasteiger partial charge in [0.15, 0.2) is 11.0 Å². The van der Waals surface area contributed by atoms with Gasteiger partial charge < -0.3 is 9.88 Å². The number of amides is 1. The van der Waals surface area contributed by atoms with E-state index < -0.39 is 0 Å². The van der Waals surface area contributed by atoms with Crippen LogP contribution in [0.2, 0.25) is 0 Å². The number of hydrogen-bond acceptors (Lipinski definition) is 5. The van der Waals surface area contributed by atoms with E-state index in [9.17, 15) is 4.79 Å². The number of rotatable bonds is 8. The molecule has 0 bridgehead atoms. The molecular weight excluding hydrogens is 384 g/mol. The summed E-state index contributed by atoms with van der Waals surface area (Å²) in [5, 5.41) is 16.8. The Kier molecular flexibility index (Phi) is 5.71. The Morgan fingerprint density at radius 2 is 2.07 bits per heavy atom. The molecule has 1 unspecified atom stereocenters. The van der Waals surface area contributed by atoms with Crippen molar-refractivity contribution in [2.45, 2.75) is 51.4 Å². The Labute approximate surface area is 174 Å². The number of anilines is 1. The van der Waals surface area contributed by atoms with Crippen LogP contribution in [0, 0.1) is 12.8 Å². The van der Waals surface area contributed by atoms with Gasteiger partial charge in [0.25, 0.3) is 0 Å². The van der Waals surface area contributed by atoms with E-state index in [1.165, 1.54) is 24.6 Å². The van der Waals surface area contributed by atoms with Gasteiger partial charge in [0, 0.05) is 18.2 Å². The molecule has 1 aromatic carbocycles. The number of carbonyl (C=O) groups is 1. The molecule has 0 saturated heterocycles. The van der Waals surface area contributed by atoms with Crippen LogP contribution in [0.15, 0.2) is 41.7 Å². The third-order valence-corrected chi connectivity index (χ3v) is 6.35. The first kappa shape index (κ1) is 19.7. The molecule has 0 aliphatic heterocycles. The Balaban J connectivity index is 1.43. The van der Waals surface area contributed by atoms with Gasteiger partial charge in [0.05, 0.1) is 18.0 Å². The summed E-state index contributed by atoms with van der Waals surface area (Å²) < 4.78 is 3.98. The van der Waals surface area contributed by atoms with E-state index in [4.69, 9.17) is 0 Å². The van der Waals surface area contributed by atoms with Crippen molar-refractivity contribution < 1.29 is 4.79 Å². The molecule has 3 aromatic rings. The van der Waals surface area contributed by atoms with Gasteiger partial charge in [-0.05, 0) is 45.1 Å². The Morgan fingerprint density at radius 3 is 2.79 bits per heavy atom. The number of aromatic nitrogens is 5. The van der Waals surface area contributed by atoms with E-state index in [0.29, 0.717) is 12.0 Å². The van der Waals surface area contributed by atoms with Gasteiger partial charge >= 0.3 is 0 Å². The van der Waals surface area contributed by atoms with E-state index in [1.807, 2.05) is 22.9 Å². The van der Waals surface area contributed by atoms with E-state index in [0.717, 1.165) is 34.5 Å². The maximum absolute atomic E-state index is 12.5. The minimum atomic E-state index is -0.0668. The minimum Gasteiger partial charge on any atom is -0.310 e. The van der Waals surface area contributed by atoms with Crippen molar-refractivity contribution in [3.8, 4) is 11.4 Å². The van der Waals surface area contributed by atoms with Crippen molar-refractivity contribution in [1.82, 2.24) is 24.5 Å². The monoisotopic (exact) mass is 410 g/mol. The lowest BCUT2D eigenvalue weighted by atomic mass is 10.1. The normalized spacial score (nSPS) is 14.7. The number of carbonyl (C=O) groups excluding carboxylic acids is 1. The van der Waals surface area contributed by atoms with E-state index >= 15 is 0 Å². The first-order chi connectivity index (χ1) is 14.1. The lowest BCUT2D eigenvalue weighted by Gasteiger charge is -2.15. The number of nitrogens with zero attached hydrogens (tertiary/aromatic N) is 5. The van der Waals surface area contributed by atoms with Crippen molar-refractivity contribution >= 4 is 23.5 Å². The number of benzene rings is 1. The molecule has 0 spiro atoms. The van der Waals surface area contributed by atoms with Crippen LogP contribution in [0.5, 0.6) is 0 Å². The minimum absolute atomic E-state index is 0.0668. The molecule has 7 nitrogen and oxygen atoms in total. The molecule has 1 fully saturated rings. The lowest BCUT2D eigenvalue weighted by Crippen LogP contribution is -2.20. The Bertz CT molecular complexity index is 1010. The number of nitrogens with one attached hydrogen (secondary N) is 1. The van der Waals surface area contributed by atoms with Gasteiger partial charge in [-0.25, -0.2) is 4.68 Å².